The minimum atomic E-state index is -0.786. The SMILES string of the molecule is N=C1/C(=C(/O)c2ccc(Cl)cc2)[C@@H](c2ccc3c(c2)OCO3)c2c(sc3cc(Cl)ccc3c2=O)N1c1ccccc1. The van der Waals surface area contributed by atoms with E-state index < -0.39 is 5.92 Å². The van der Waals surface area contributed by atoms with Gasteiger partial charge in [0.25, 0.3) is 0 Å². The lowest BCUT2D eigenvalue weighted by Crippen LogP contribution is -2.38. The molecule has 7 rings (SSSR count). The number of ether oxygens (including phenoxy) is 2. The number of nitrogens with one attached hydrogen (secondary N) is 1. The molecule has 5 aromatic rings. The first-order valence-corrected chi connectivity index (χ1v) is 14.3. The van der Waals surface area contributed by atoms with E-state index in [9.17, 15) is 15.3 Å². The molecule has 0 fully saturated rings. The zero-order valence-corrected chi connectivity index (χ0v) is 23.6. The summed E-state index contributed by atoms with van der Waals surface area (Å²) in [5.41, 5.74) is 2.35. The summed E-state index contributed by atoms with van der Waals surface area (Å²) < 4.78 is 11.9. The van der Waals surface area contributed by atoms with Crippen LogP contribution in [0, 0.1) is 5.41 Å². The highest BCUT2D eigenvalue weighted by Crippen LogP contribution is 2.50. The zero-order chi connectivity index (χ0) is 28.2. The number of amidine groups is 1. The molecule has 202 valence electrons. The van der Waals surface area contributed by atoms with Crippen LogP contribution in [0.15, 0.2) is 101 Å². The summed E-state index contributed by atoms with van der Waals surface area (Å²) >= 11 is 13.9. The maximum Gasteiger partial charge on any atom is 0.231 e. The van der Waals surface area contributed by atoms with Crippen molar-refractivity contribution in [1.29, 1.82) is 5.41 Å². The molecule has 4 aromatic carbocycles. The standard InChI is InChI=1S/C32H20Cl2N2O4S/c33-19-9-6-17(7-10-19)29(37)27-26(18-8-13-23-24(14-18)40-16-39-23)28-30(38)22-12-11-20(34)15-25(22)41-32(28)36(31(27)35)21-4-2-1-3-5-21/h1-15,26,35,37H,16H2/b29-27+,35-31?/t26-/m1/s1. The molecule has 0 spiro atoms. The van der Waals surface area contributed by atoms with E-state index >= 15 is 0 Å². The number of nitrogens with zero attached hydrogens (tertiary/aromatic N) is 1. The second-order valence-electron chi connectivity index (χ2n) is 9.62. The molecule has 0 aliphatic carbocycles. The smallest absolute Gasteiger partial charge is 0.231 e. The maximum atomic E-state index is 14.4. The van der Waals surface area contributed by atoms with Gasteiger partial charge in [0, 0.05) is 48.4 Å². The molecule has 1 aromatic heterocycles. The van der Waals surface area contributed by atoms with Gasteiger partial charge in [-0.25, -0.2) is 0 Å². The zero-order valence-electron chi connectivity index (χ0n) is 21.2. The Morgan fingerprint density at radius 1 is 0.902 bits per heavy atom. The van der Waals surface area contributed by atoms with E-state index in [0.717, 1.165) is 0 Å². The quantitative estimate of drug-likeness (QED) is 0.203. The van der Waals surface area contributed by atoms with E-state index in [1.165, 1.54) is 11.3 Å². The van der Waals surface area contributed by atoms with Crippen LogP contribution in [0.25, 0.3) is 15.8 Å². The van der Waals surface area contributed by atoms with Crippen LogP contribution in [0.3, 0.4) is 0 Å². The number of hydrogen-bond donors (Lipinski definition) is 2. The molecule has 2 N–H and O–H groups in total. The molecule has 0 radical (unpaired) electrons. The first-order chi connectivity index (χ1) is 19.9. The fraction of sp³-hybridized carbons (Fsp3) is 0.0625. The van der Waals surface area contributed by atoms with Crippen molar-refractivity contribution in [3.63, 3.8) is 0 Å². The fourth-order valence-corrected chi connectivity index (χ4v) is 6.99. The van der Waals surface area contributed by atoms with E-state index in [1.807, 2.05) is 42.5 Å². The van der Waals surface area contributed by atoms with Crippen LogP contribution >= 0.6 is 34.5 Å². The van der Waals surface area contributed by atoms with Crippen molar-refractivity contribution in [2.45, 2.75) is 5.92 Å². The van der Waals surface area contributed by atoms with E-state index in [2.05, 4.69) is 0 Å². The lowest BCUT2D eigenvalue weighted by Gasteiger charge is -2.37. The van der Waals surface area contributed by atoms with Crippen LogP contribution in [0.4, 0.5) is 10.7 Å². The summed E-state index contributed by atoms with van der Waals surface area (Å²) in [7, 11) is 0. The van der Waals surface area contributed by atoms with Crippen LogP contribution in [0.2, 0.25) is 10.0 Å². The van der Waals surface area contributed by atoms with Gasteiger partial charge in [-0.2, -0.15) is 0 Å². The molecule has 2 aliphatic rings. The average molecular weight is 599 g/mol. The summed E-state index contributed by atoms with van der Waals surface area (Å²) in [6.45, 7) is 0.0939. The van der Waals surface area contributed by atoms with Crippen LogP contribution in [0.1, 0.15) is 22.6 Å². The molecule has 41 heavy (non-hydrogen) atoms. The molecule has 0 saturated carbocycles. The Kier molecular flexibility index (Phi) is 6.23. The summed E-state index contributed by atoms with van der Waals surface area (Å²) in [6, 6.07) is 26.7. The number of rotatable bonds is 3. The Bertz CT molecular complexity index is 1960. The van der Waals surface area contributed by atoms with Gasteiger partial charge >= 0.3 is 0 Å². The van der Waals surface area contributed by atoms with Crippen LogP contribution in [0.5, 0.6) is 11.5 Å². The van der Waals surface area contributed by atoms with Gasteiger partial charge in [0.15, 0.2) is 16.9 Å². The van der Waals surface area contributed by atoms with Crippen LogP contribution in [-0.2, 0) is 0 Å². The number of para-hydroxylation sites is 1. The normalized spacial score (nSPS) is 17.1. The second-order valence-corrected chi connectivity index (χ2v) is 11.5. The molecule has 1 atom stereocenters. The lowest BCUT2D eigenvalue weighted by molar-refractivity contribution is 0.174. The van der Waals surface area contributed by atoms with Gasteiger partial charge in [0.05, 0.1) is 0 Å². The third-order valence-corrected chi connectivity index (χ3v) is 8.89. The van der Waals surface area contributed by atoms with E-state index in [-0.39, 0.29) is 29.4 Å². The van der Waals surface area contributed by atoms with Crippen molar-refractivity contribution in [2.75, 3.05) is 11.7 Å². The van der Waals surface area contributed by atoms with Gasteiger partial charge in [0.2, 0.25) is 6.79 Å². The molecule has 9 heteroatoms. The molecule has 0 bridgehead atoms. The topological polar surface area (TPSA) is 82.9 Å². The number of halogens is 2. The van der Waals surface area contributed by atoms with Gasteiger partial charge in [-0.3, -0.25) is 15.1 Å². The summed E-state index contributed by atoms with van der Waals surface area (Å²) in [5, 5.41) is 23.5. The van der Waals surface area contributed by atoms with Crippen molar-refractivity contribution < 1.29 is 14.6 Å². The molecule has 2 aliphatic heterocycles. The Morgan fingerprint density at radius 2 is 1.63 bits per heavy atom. The van der Waals surface area contributed by atoms with Crippen molar-refractivity contribution in [2.24, 2.45) is 0 Å². The number of fused-ring (bicyclic) bond motifs is 3. The largest absolute Gasteiger partial charge is 0.507 e. The highest BCUT2D eigenvalue weighted by Gasteiger charge is 2.41. The number of benzene rings is 4. The van der Waals surface area contributed by atoms with Gasteiger partial charge in [-0.05, 0) is 72.3 Å². The predicted octanol–water partition coefficient (Wildman–Crippen LogP) is 8.53. The maximum absolute atomic E-state index is 14.4. The Morgan fingerprint density at radius 3 is 2.41 bits per heavy atom. The highest BCUT2D eigenvalue weighted by molar-refractivity contribution is 7.22. The van der Waals surface area contributed by atoms with Crippen molar-refractivity contribution in [1.82, 2.24) is 0 Å². The Hall–Kier alpha value is -4.30. The molecule has 0 unspecified atom stereocenters. The summed E-state index contributed by atoms with van der Waals surface area (Å²) in [6.07, 6.45) is 0. The number of hydrogen-bond acceptors (Lipinski definition) is 6. The van der Waals surface area contributed by atoms with Crippen molar-refractivity contribution in [3.8, 4) is 11.5 Å². The van der Waals surface area contributed by atoms with Gasteiger partial charge in [-0.1, -0.05) is 47.5 Å². The minimum absolute atomic E-state index is 0.0378. The first kappa shape index (κ1) is 25.7. The monoisotopic (exact) mass is 598 g/mol. The Balaban J connectivity index is 1.60. The molecule has 3 heterocycles. The summed E-state index contributed by atoms with van der Waals surface area (Å²) in [4.78, 5) is 16.1. The average Bonchev–Trinajstić information content (AvgIpc) is 3.45. The second kappa shape index (κ2) is 9.96. The molecular weight excluding hydrogens is 579 g/mol. The van der Waals surface area contributed by atoms with Crippen LogP contribution < -0.4 is 19.8 Å². The lowest BCUT2D eigenvalue weighted by atomic mass is 9.79. The third kappa shape index (κ3) is 4.25. The van der Waals surface area contributed by atoms with E-state index in [0.29, 0.717) is 59.0 Å². The fourth-order valence-electron chi connectivity index (χ4n) is 5.35. The van der Waals surface area contributed by atoms with Gasteiger partial charge in [0.1, 0.15) is 16.6 Å². The Labute approximate surface area is 248 Å². The predicted molar refractivity (Wildman–Crippen MR) is 165 cm³/mol. The first-order valence-electron chi connectivity index (χ1n) is 12.7. The van der Waals surface area contributed by atoms with Gasteiger partial charge < -0.3 is 14.6 Å². The molecule has 0 amide bonds. The molecule has 6 nitrogen and oxygen atoms in total. The molecular formula is C32H20Cl2N2O4S. The number of anilines is 2. The van der Waals surface area contributed by atoms with Crippen LogP contribution in [-0.4, -0.2) is 17.7 Å². The van der Waals surface area contributed by atoms with Gasteiger partial charge in [-0.15, -0.1) is 11.3 Å². The molecule has 0 saturated heterocycles. The number of aliphatic hydroxyl groups excluding tert-OH is 1. The highest BCUT2D eigenvalue weighted by atomic mass is 35.5. The number of aliphatic hydroxyl groups is 1. The van der Waals surface area contributed by atoms with Crippen molar-refractivity contribution in [3.05, 3.63) is 134 Å². The summed E-state index contributed by atoms with van der Waals surface area (Å²) in [5.74, 6) is 0.260. The third-order valence-electron chi connectivity index (χ3n) is 7.25. The minimum Gasteiger partial charge on any atom is -0.507 e. The van der Waals surface area contributed by atoms with E-state index in [1.54, 1.807) is 53.4 Å². The van der Waals surface area contributed by atoms with E-state index in [4.69, 9.17) is 32.7 Å². The van der Waals surface area contributed by atoms with Crippen molar-refractivity contribution >= 4 is 66.9 Å².